The van der Waals surface area contributed by atoms with Gasteiger partial charge in [0.2, 0.25) is 0 Å². The molecule has 0 aliphatic carbocycles. The molecule has 31 heavy (non-hydrogen) atoms. The van der Waals surface area contributed by atoms with Crippen molar-refractivity contribution in [2.24, 2.45) is 0 Å². The summed E-state index contributed by atoms with van der Waals surface area (Å²) in [5.41, 5.74) is -1.54. The van der Waals surface area contributed by atoms with Crippen LogP contribution in [0.4, 0.5) is 10.5 Å². The van der Waals surface area contributed by atoms with Crippen molar-refractivity contribution in [2.75, 3.05) is 20.2 Å². The van der Waals surface area contributed by atoms with Crippen molar-refractivity contribution < 1.29 is 28.5 Å². The molecule has 1 saturated heterocycles. The lowest BCUT2D eigenvalue weighted by atomic mass is 9.80. The van der Waals surface area contributed by atoms with Gasteiger partial charge in [0, 0.05) is 31.3 Å². The molecule has 10 nitrogen and oxygen atoms in total. The van der Waals surface area contributed by atoms with Crippen molar-refractivity contribution in [3.63, 3.8) is 0 Å². The summed E-state index contributed by atoms with van der Waals surface area (Å²) in [6.45, 7) is 13.5. The predicted molar refractivity (Wildman–Crippen MR) is 116 cm³/mol. The highest BCUT2D eigenvalue weighted by Crippen LogP contribution is 2.37. The van der Waals surface area contributed by atoms with Crippen LogP contribution in [0.1, 0.15) is 54.9 Å². The number of pyridine rings is 1. The van der Waals surface area contributed by atoms with E-state index in [-0.39, 0.29) is 18.2 Å². The van der Waals surface area contributed by atoms with Crippen LogP contribution in [0.5, 0.6) is 5.88 Å². The van der Waals surface area contributed by atoms with E-state index in [1.807, 2.05) is 27.7 Å². The highest BCUT2D eigenvalue weighted by molar-refractivity contribution is 6.62. The zero-order chi connectivity index (χ0) is 23.6. The molecule has 0 saturated carbocycles. The van der Waals surface area contributed by atoms with Gasteiger partial charge in [-0.2, -0.15) is 0 Å². The molecule has 1 fully saturated rings. The quantitative estimate of drug-likeness (QED) is 0.277. The number of amides is 1. The summed E-state index contributed by atoms with van der Waals surface area (Å²) in [6.07, 6.45) is 1.47. The molecule has 172 valence electrons. The molecule has 1 aromatic heterocycles. The van der Waals surface area contributed by atoms with Gasteiger partial charge >= 0.3 is 18.9 Å². The second kappa shape index (κ2) is 9.00. The van der Waals surface area contributed by atoms with Crippen molar-refractivity contribution >= 4 is 24.4 Å². The molecule has 1 aliphatic heterocycles. The van der Waals surface area contributed by atoms with Crippen LogP contribution in [-0.2, 0) is 14.0 Å². The molecule has 0 aromatic carbocycles. The SMILES string of the molecule is CN(CCCOc1ncc(B2OC(C)(C)C(C)(C)O2)cc1[N+](=O)[O-])C(=O)OC(C)(C)C. The van der Waals surface area contributed by atoms with E-state index in [1.54, 1.807) is 27.8 Å². The van der Waals surface area contributed by atoms with E-state index in [0.29, 0.717) is 18.4 Å². The standard InChI is InChI=1S/C20H32BN3O7/c1-18(2,3)29-17(25)23(8)10-9-11-28-16-15(24(26)27)12-14(13-22-16)21-30-19(4,5)20(6,7)31-21/h12-13H,9-11H2,1-8H3. The smallest absolute Gasteiger partial charge is 0.473 e. The molecule has 0 unspecified atom stereocenters. The molecule has 0 N–H and O–H groups in total. The highest BCUT2D eigenvalue weighted by Gasteiger charge is 2.52. The summed E-state index contributed by atoms with van der Waals surface area (Å²) in [7, 11) is 0.862. The van der Waals surface area contributed by atoms with Gasteiger partial charge < -0.3 is 23.7 Å². The number of rotatable bonds is 7. The average molecular weight is 437 g/mol. The Hall–Kier alpha value is -2.40. The summed E-state index contributed by atoms with van der Waals surface area (Å²) in [5, 5.41) is 11.5. The van der Waals surface area contributed by atoms with Crippen molar-refractivity contribution in [3.05, 3.63) is 22.4 Å². The van der Waals surface area contributed by atoms with E-state index >= 15 is 0 Å². The van der Waals surface area contributed by atoms with Crippen molar-refractivity contribution in [1.29, 1.82) is 0 Å². The first kappa shape index (κ1) is 24.9. The molecule has 2 heterocycles. The second-order valence-corrected chi connectivity index (χ2v) is 9.54. The molecule has 0 bridgehead atoms. The first-order valence-electron chi connectivity index (χ1n) is 10.2. The minimum Gasteiger partial charge on any atom is -0.473 e. The first-order valence-corrected chi connectivity index (χ1v) is 10.2. The van der Waals surface area contributed by atoms with Gasteiger partial charge in [-0.05, 0) is 54.9 Å². The minimum atomic E-state index is -0.757. The van der Waals surface area contributed by atoms with Gasteiger partial charge in [-0.1, -0.05) is 0 Å². The van der Waals surface area contributed by atoms with Gasteiger partial charge in [0.15, 0.2) is 0 Å². The molecule has 1 amide bonds. The molecule has 0 atom stereocenters. The number of carbonyl (C=O) groups excluding carboxylic acids is 1. The molecule has 1 aliphatic rings. The van der Waals surface area contributed by atoms with Crippen LogP contribution in [0.3, 0.4) is 0 Å². The largest absolute Gasteiger partial charge is 0.496 e. The maximum absolute atomic E-state index is 12.0. The number of hydrogen-bond donors (Lipinski definition) is 0. The Morgan fingerprint density at radius 3 is 2.35 bits per heavy atom. The number of aromatic nitrogens is 1. The van der Waals surface area contributed by atoms with E-state index in [4.69, 9.17) is 18.8 Å². The van der Waals surface area contributed by atoms with E-state index < -0.39 is 34.9 Å². The van der Waals surface area contributed by atoms with Crippen LogP contribution in [0.15, 0.2) is 12.3 Å². The van der Waals surface area contributed by atoms with E-state index in [1.165, 1.54) is 17.2 Å². The predicted octanol–water partition coefficient (Wildman–Crippen LogP) is 2.92. The summed E-state index contributed by atoms with van der Waals surface area (Å²) >= 11 is 0. The Morgan fingerprint density at radius 2 is 1.84 bits per heavy atom. The van der Waals surface area contributed by atoms with E-state index in [0.717, 1.165) is 0 Å². The lowest BCUT2D eigenvalue weighted by molar-refractivity contribution is -0.386. The van der Waals surface area contributed by atoms with E-state index in [2.05, 4.69) is 4.98 Å². The third-order valence-electron chi connectivity index (χ3n) is 5.16. The summed E-state index contributed by atoms with van der Waals surface area (Å²) in [5.74, 6) is -0.0924. The number of nitrogens with zero attached hydrogens (tertiary/aromatic N) is 3. The Labute approximate surface area is 183 Å². The van der Waals surface area contributed by atoms with Gasteiger partial charge in [0.1, 0.15) is 5.60 Å². The third-order valence-corrected chi connectivity index (χ3v) is 5.16. The molecular weight excluding hydrogens is 405 g/mol. The monoisotopic (exact) mass is 437 g/mol. The Kier molecular flexibility index (Phi) is 7.22. The number of ether oxygens (including phenoxy) is 2. The van der Waals surface area contributed by atoms with Crippen LogP contribution in [0, 0.1) is 10.1 Å². The maximum Gasteiger partial charge on any atom is 0.496 e. The van der Waals surface area contributed by atoms with Crippen molar-refractivity contribution in [1.82, 2.24) is 9.88 Å². The molecule has 0 radical (unpaired) electrons. The Morgan fingerprint density at radius 1 is 1.26 bits per heavy atom. The van der Waals surface area contributed by atoms with Crippen LogP contribution < -0.4 is 10.2 Å². The maximum atomic E-state index is 12.0. The molecule has 11 heteroatoms. The van der Waals surface area contributed by atoms with Gasteiger partial charge in [-0.25, -0.2) is 9.78 Å². The summed E-state index contributed by atoms with van der Waals surface area (Å²) < 4.78 is 22.7. The normalized spacial score (nSPS) is 17.4. The van der Waals surface area contributed by atoms with Gasteiger partial charge in [-0.15, -0.1) is 0 Å². The van der Waals surface area contributed by atoms with Gasteiger partial charge in [0.05, 0.1) is 22.7 Å². The van der Waals surface area contributed by atoms with Gasteiger partial charge in [0.25, 0.3) is 5.88 Å². The van der Waals surface area contributed by atoms with Crippen molar-refractivity contribution in [3.8, 4) is 5.88 Å². The number of nitro groups is 1. The summed E-state index contributed by atoms with van der Waals surface area (Å²) in [4.78, 5) is 28.5. The second-order valence-electron chi connectivity index (χ2n) is 9.54. The zero-order valence-corrected chi connectivity index (χ0v) is 19.6. The fourth-order valence-electron chi connectivity index (χ4n) is 2.71. The lowest BCUT2D eigenvalue weighted by Crippen LogP contribution is -2.41. The van der Waals surface area contributed by atoms with Crippen LogP contribution in [0.2, 0.25) is 0 Å². The summed E-state index contributed by atoms with van der Waals surface area (Å²) in [6, 6.07) is 1.36. The fraction of sp³-hybridized carbons (Fsp3) is 0.700. The zero-order valence-electron chi connectivity index (χ0n) is 19.6. The van der Waals surface area contributed by atoms with E-state index in [9.17, 15) is 14.9 Å². The minimum absolute atomic E-state index is 0.0924. The molecular formula is C20H32BN3O7. The van der Waals surface area contributed by atoms with Gasteiger partial charge in [-0.3, -0.25) is 10.1 Å². The highest BCUT2D eigenvalue weighted by atomic mass is 16.7. The molecule has 2 rings (SSSR count). The van der Waals surface area contributed by atoms with Crippen molar-refractivity contribution in [2.45, 2.75) is 71.7 Å². The average Bonchev–Trinajstić information content (AvgIpc) is 2.84. The van der Waals surface area contributed by atoms with Crippen LogP contribution >= 0.6 is 0 Å². The van der Waals surface area contributed by atoms with Crippen LogP contribution in [-0.4, -0.2) is 65.0 Å². The van der Waals surface area contributed by atoms with Crippen LogP contribution in [0.25, 0.3) is 0 Å². The topological polar surface area (TPSA) is 113 Å². The first-order chi connectivity index (χ1) is 14.1. The Balaban J connectivity index is 1.98. The molecule has 1 aromatic rings. The Bertz CT molecular complexity index is 807. The lowest BCUT2D eigenvalue weighted by Gasteiger charge is -2.32. The number of carbonyl (C=O) groups is 1. The number of hydrogen-bond acceptors (Lipinski definition) is 8. The fourth-order valence-corrected chi connectivity index (χ4v) is 2.71. The molecule has 0 spiro atoms. The third kappa shape index (κ3) is 6.30.